The predicted octanol–water partition coefficient (Wildman–Crippen LogP) is 3.70. The molecule has 0 amide bonds. The summed E-state index contributed by atoms with van der Waals surface area (Å²) in [6.45, 7) is 1.71. The fraction of sp³-hybridized carbons (Fsp3) is 0.357. The number of thioether (sulfide) groups is 1. The highest BCUT2D eigenvalue weighted by molar-refractivity contribution is 8.00. The first-order valence-electron chi connectivity index (χ1n) is 5.66. The van der Waals surface area contributed by atoms with Crippen molar-refractivity contribution in [1.82, 2.24) is 0 Å². The molecule has 0 saturated heterocycles. The quantitative estimate of drug-likeness (QED) is 0.739. The van der Waals surface area contributed by atoms with Crippen LogP contribution in [0.2, 0.25) is 0 Å². The molecule has 0 bridgehead atoms. The monoisotopic (exact) mass is 232 g/mol. The van der Waals surface area contributed by atoms with Crippen LogP contribution < -0.4 is 0 Å². The van der Waals surface area contributed by atoms with Crippen molar-refractivity contribution in [3.63, 3.8) is 0 Å². The smallest absolute Gasteiger partial charge is 0.134 e. The van der Waals surface area contributed by atoms with E-state index >= 15 is 0 Å². The Morgan fingerprint density at radius 1 is 1.31 bits per heavy atom. The Morgan fingerprint density at radius 3 is 2.75 bits per heavy atom. The number of ketones is 1. The lowest BCUT2D eigenvalue weighted by Gasteiger charge is -2.24. The second kappa shape index (κ2) is 5.35. The maximum absolute atomic E-state index is 11.6. The Bertz CT molecular complexity index is 383. The van der Waals surface area contributed by atoms with Crippen LogP contribution in [0.1, 0.15) is 19.8 Å². The fourth-order valence-corrected chi connectivity index (χ4v) is 3.33. The lowest BCUT2D eigenvalue weighted by molar-refractivity contribution is -0.120. The highest BCUT2D eigenvalue weighted by atomic mass is 32.2. The van der Waals surface area contributed by atoms with Gasteiger partial charge < -0.3 is 0 Å². The summed E-state index contributed by atoms with van der Waals surface area (Å²) in [5.41, 5.74) is 0. The third-order valence-corrected chi connectivity index (χ3v) is 4.21. The Kier molecular flexibility index (Phi) is 3.83. The SMILES string of the molecule is CC(=O)C1CCC=CC1Sc1ccccc1. The molecule has 1 nitrogen and oxygen atoms in total. The molecule has 1 aromatic rings. The van der Waals surface area contributed by atoms with Crippen molar-refractivity contribution in [3.05, 3.63) is 42.5 Å². The summed E-state index contributed by atoms with van der Waals surface area (Å²) in [6.07, 6.45) is 6.42. The Balaban J connectivity index is 2.10. The average Bonchev–Trinajstić information content (AvgIpc) is 2.31. The number of hydrogen-bond donors (Lipinski definition) is 0. The van der Waals surface area contributed by atoms with Crippen molar-refractivity contribution < 1.29 is 4.79 Å². The van der Waals surface area contributed by atoms with Crippen molar-refractivity contribution in [2.45, 2.75) is 29.9 Å². The molecule has 1 aromatic carbocycles. The van der Waals surface area contributed by atoms with Crippen molar-refractivity contribution in [1.29, 1.82) is 0 Å². The lowest BCUT2D eigenvalue weighted by atomic mass is 9.91. The van der Waals surface area contributed by atoms with Gasteiger partial charge in [0.05, 0.1) is 0 Å². The summed E-state index contributed by atoms with van der Waals surface area (Å²) < 4.78 is 0. The Labute approximate surface area is 101 Å². The number of Topliss-reactive ketones (excluding diaryl/α,β-unsaturated/α-hetero) is 1. The topological polar surface area (TPSA) is 17.1 Å². The van der Waals surface area contributed by atoms with Crippen LogP contribution in [0, 0.1) is 5.92 Å². The van der Waals surface area contributed by atoms with E-state index in [1.807, 2.05) is 18.2 Å². The maximum Gasteiger partial charge on any atom is 0.134 e. The molecule has 0 spiro atoms. The van der Waals surface area contributed by atoms with E-state index in [1.165, 1.54) is 4.90 Å². The van der Waals surface area contributed by atoms with Gasteiger partial charge in [0.15, 0.2) is 0 Å². The van der Waals surface area contributed by atoms with E-state index in [4.69, 9.17) is 0 Å². The van der Waals surface area contributed by atoms with E-state index in [0.717, 1.165) is 12.8 Å². The van der Waals surface area contributed by atoms with E-state index in [-0.39, 0.29) is 5.92 Å². The lowest BCUT2D eigenvalue weighted by Crippen LogP contribution is -2.24. The number of carbonyl (C=O) groups excluding carboxylic acids is 1. The molecular formula is C14H16OS. The molecule has 0 heterocycles. The summed E-state index contributed by atoms with van der Waals surface area (Å²) >= 11 is 1.79. The van der Waals surface area contributed by atoms with Crippen molar-refractivity contribution in [2.75, 3.05) is 0 Å². The number of rotatable bonds is 3. The van der Waals surface area contributed by atoms with Gasteiger partial charge in [0, 0.05) is 16.1 Å². The molecule has 0 aliphatic heterocycles. The second-order valence-electron chi connectivity index (χ2n) is 4.12. The van der Waals surface area contributed by atoms with Gasteiger partial charge in [-0.05, 0) is 31.9 Å². The van der Waals surface area contributed by atoms with Gasteiger partial charge in [0.1, 0.15) is 5.78 Å². The molecule has 2 atom stereocenters. The summed E-state index contributed by atoms with van der Waals surface area (Å²) in [6, 6.07) is 10.3. The molecule has 1 aliphatic rings. The summed E-state index contributed by atoms with van der Waals surface area (Å²) in [5, 5.41) is 0.314. The molecular weight excluding hydrogens is 216 g/mol. The minimum atomic E-state index is 0.190. The normalized spacial score (nSPS) is 24.3. The number of allylic oxidation sites excluding steroid dienone is 1. The molecule has 0 radical (unpaired) electrons. The van der Waals surface area contributed by atoms with Gasteiger partial charge in [-0.3, -0.25) is 4.79 Å². The predicted molar refractivity (Wildman–Crippen MR) is 68.6 cm³/mol. The van der Waals surface area contributed by atoms with Gasteiger partial charge in [-0.2, -0.15) is 0 Å². The minimum Gasteiger partial charge on any atom is -0.300 e. The van der Waals surface area contributed by atoms with E-state index in [2.05, 4.69) is 24.3 Å². The minimum absolute atomic E-state index is 0.190. The first-order chi connectivity index (χ1) is 7.77. The number of benzene rings is 1. The van der Waals surface area contributed by atoms with Gasteiger partial charge in [0.2, 0.25) is 0 Å². The van der Waals surface area contributed by atoms with Crippen LogP contribution in [0.4, 0.5) is 0 Å². The van der Waals surface area contributed by atoms with E-state index in [9.17, 15) is 4.79 Å². The molecule has 84 valence electrons. The third kappa shape index (κ3) is 2.76. The highest BCUT2D eigenvalue weighted by Crippen LogP contribution is 2.34. The van der Waals surface area contributed by atoms with Crippen LogP contribution in [0.5, 0.6) is 0 Å². The number of carbonyl (C=O) groups is 1. The van der Waals surface area contributed by atoms with Gasteiger partial charge >= 0.3 is 0 Å². The molecule has 0 aromatic heterocycles. The fourth-order valence-electron chi connectivity index (χ4n) is 2.02. The Hall–Kier alpha value is -1.02. The van der Waals surface area contributed by atoms with E-state index < -0.39 is 0 Å². The van der Waals surface area contributed by atoms with Crippen molar-refractivity contribution in [3.8, 4) is 0 Å². The van der Waals surface area contributed by atoms with Gasteiger partial charge in [0.25, 0.3) is 0 Å². The van der Waals surface area contributed by atoms with Crippen molar-refractivity contribution >= 4 is 17.5 Å². The zero-order valence-electron chi connectivity index (χ0n) is 9.43. The van der Waals surface area contributed by atoms with Crippen LogP contribution in [-0.2, 0) is 4.79 Å². The van der Waals surface area contributed by atoms with Crippen LogP contribution in [0.15, 0.2) is 47.4 Å². The summed E-state index contributed by atoms with van der Waals surface area (Å²) in [4.78, 5) is 12.8. The zero-order valence-corrected chi connectivity index (χ0v) is 10.2. The summed E-state index contributed by atoms with van der Waals surface area (Å²) in [5.74, 6) is 0.507. The van der Waals surface area contributed by atoms with Crippen molar-refractivity contribution in [2.24, 2.45) is 5.92 Å². The molecule has 2 heteroatoms. The molecule has 0 N–H and O–H groups in total. The first kappa shape index (κ1) is 11.5. The van der Waals surface area contributed by atoms with E-state index in [0.29, 0.717) is 11.0 Å². The van der Waals surface area contributed by atoms with Gasteiger partial charge in [-0.1, -0.05) is 30.4 Å². The standard InChI is InChI=1S/C14H16OS/c1-11(15)13-9-5-6-10-14(13)16-12-7-3-2-4-8-12/h2-4,6-8,10,13-14H,5,9H2,1H3. The largest absolute Gasteiger partial charge is 0.300 e. The molecule has 0 saturated carbocycles. The molecule has 2 unspecified atom stereocenters. The molecule has 2 rings (SSSR count). The zero-order chi connectivity index (χ0) is 11.4. The maximum atomic E-state index is 11.6. The summed E-state index contributed by atoms with van der Waals surface area (Å²) in [7, 11) is 0. The van der Waals surface area contributed by atoms with Crippen LogP contribution in [0.25, 0.3) is 0 Å². The molecule has 1 aliphatic carbocycles. The second-order valence-corrected chi connectivity index (χ2v) is 5.37. The molecule has 16 heavy (non-hydrogen) atoms. The van der Waals surface area contributed by atoms with Gasteiger partial charge in [-0.25, -0.2) is 0 Å². The van der Waals surface area contributed by atoms with E-state index in [1.54, 1.807) is 18.7 Å². The number of hydrogen-bond acceptors (Lipinski definition) is 2. The van der Waals surface area contributed by atoms with Crippen LogP contribution in [-0.4, -0.2) is 11.0 Å². The average molecular weight is 232 g/mol. The third-order valence-electron chi connectivity index (χ3n) is 2.90. The van der Waals surface area contributed by atoms with Gasteiger partial charge in [-0.15, -0.1) is 11.8 Å². The Morgan fingerprint density at radius 2 is 2.06 bits per heavy atom. The highest BCUT2D eigenvalue weighted by Gasteiger charge is 2.26. The van der Waals surface area contributed by atoms with Crippen LogP contribution >= 0.6 is 11.8 Å². The van der Waals surface area contributed by atoms with Crippen LogP contribution in [0.3, 0.4) is 0 Å². The first-order valence-corrected chi connectivity index (χ1v) is 6.54. The molecule has 0 fully saturated rings.